The average molecular weight is 619 g/mol. The molecule has 0 N–H and O–H groups in total. The molecule has 46 heavy (non-hydrogen) atoms. The molecule has 0 unspecified atom stereocenters. The number of allylic oxidation sites excluding steroid dienone is 1. The lowest BCUT2D eigenvalue weighted by atomic mass is 9.77. The number of nitrogens with zero attached hydrogens (tertiary/aromatic N) is 6. The molecule has 3 aromatic rings. The highest BCUT2D eigenvalue weighted by atomic mass is 16.5. The van der Waals surface area contributed by atoms with E-state index in [2.05, 4.69) is 16.4 Å². The number of anilines is 1. The summed E-state index contributed by atoms with van der Waals surface area (Å²) < 4.78 is 10.7. The number of imide groups is 1. The van der Waals surface area contributed by atoms with Crippen molar-refractivity contribution in [2.75, 3.05) is 25.7 Å². The first-order chi connectivity index (χ1) is 22.4. The third-order valence-corrected chi connectivity index (χ3v) is 9.18. The molecule has 11 heteroatoms. The van der Waals surface area contributed by atoms with Gasteiger partial charge in [0.1, 0.15) is 18.0 Å². The molecule has 1 aliphatic carbocycles. The van der Waals surface area contributed by atoms with Gasteiger partial charge in [0.2, 0.25) is 0 Å². The molecule has 0 radical (unpaired) electrons. The van der Waals surface area contributed by atoms with Gasteiger partial charge in [-0.15, -0.1) is 0 Å². The van der Waals surface area contributed by atoms with E-state index in [0.29, 0.717) is 5.69 Å². The topological polar surface area (TPSA) is 116 Å². The molecule has 0 spiro atoms. The molecule has 0 bridgehead atoms. The highest BCUT2D eigenvalue weighted by Gasteiger charge is 2.56. The highest BCUT2D eigenvalue weighted by Crippen LogP contribution is 2.45. The number of ether oxygens (including phenoxy) is 2. The van der Waals surface area contributed by atoms with Crippen LogP contribution >= 0.6 is 0 Å². The van der Waals surface area contributed by atoms with E-state index in [1.807, 2.05) is 67.6 Å². The summed E-state index contributed by atoms with van der Waals surface area (Å²) in [4.78, 5) is 42.3. The van der Waals surface area contributed by atoms with Crippen LogP contribution in [0.4, 0.5) is 5.69 Å². The fraction of sp³-hybridized carbons (Fsp3) is 0.314. The van der Waals surface area contributed by atoms with Gasteiger partial charge in [-0.3, -0.25) is 19.4 Å². The molecule has 1 saturated carbocycles. The van der Waals surface area contributed by atoms with Crippen LogP contribution in [0.1, 0.15) is 42.0 Å². The molecule has 11 nitrogen and oxygen atoms in total. The Balaban J connectivity index is 1.19. The maximum Gasteiger partial charge on any atom is 0.264 e. The van der Waals surface area contributed by atoms with E-state index in [0.717, 1.165) is 58.7 Å². The Bertz CT molecular complexity index is 1780. The maximum absolute atomic E-state index is 14.2. The van der Waals surface area contributed by atoms with E-state index in [1.165, 1.54) is 14.9 Å². The molecular formula is C35H34N6O5. The van der Waals surface area contributed by atoms with Crippen molar-refractivity contribution in [3.05, 3.63) is 95.1 Å². The lowest BCUT2D eigenvalue weighted by Crippen LogP contribution is -2.45. The molecule has 3 aliphatic heterocycles. The number of carbonyl (C=O) groups excluding carboxylic acids is 3. The number of para-hydroxylation sites is 1. The minimum Gasteiger partial charge on any atom is -0.497 e. The quantitative estimate of drug-likeness (QED) is 0.339. The number of rotatable bonds is 7. The standard InChI is InChI=1S/C35H34N6O5/c1-21-7-4-5-10-28(21)40-34(43)31-33(35(40)44)39(38-36-31)20-29(42)41-32(23-13-17-26(46-3)18-14-23)27-9-6-8-24(30(27)37-41)19-22-11-15-25(45-2)16-12-22/h4-5,7,10-19,27,31-33H,6,8-9,20H2,1-3H3/b24-19+/t27-,31+,32-,33-/m1/s1. The van der Waals surface area contributed by atoms with E-state index < -0.39 is 23.9 Å². The van der Waals surface area contributed by atoms with Gasteiger partial charge in [0.25, 0.3) is 17.7 Å². The number of fused-ring (bicyclic) bond motifs is 2. The van der Waals surface area contributed by atoms with Crippen LogP contribution in [-0.2, 0) is 14.4 Å². The summed E-state index contributed by atoms with van der Waals surface area (Å²) in [5, 5.41) is 16.1. The third kappa shape index (κ3) is 5.01. The van der Waals surface area contributed by atoms with Crippen molar-refractivity contribution in [1.82, 2.24) is 10.0 Å². The van der Waals surface area contributed by atoms with Gasteiger partial charge in [0, 0.05) is 5.92 Å². The number of carbonyl (C=O) groups is 3. The Morgan fingerprint density at radius 2 is 1.61 bits per heavy atom. The molecular weight excluding hydrogens is 584 g/mol. The second-order valence-corrected chi connectivity index (χ2v) is 11.9. The fourth-order valence-corrected chi connectivity index (χ4v) is 6.86. The van der Waals surface area contributed by atoms with E-state index >= 15 is 0 Å². The number of benzene rings is 3. The molecule has 2 fully saturated rings. The summed E-state index contributed by atoms with van der Waals surface area (Å²) >= 11 is 0. The summed E-state index contributed by atoms with van der Waals surface area (Å²) in [6.07, 6.45) is 4.79. The zero-order valence-corrected chi connectivity index (χ0v) is 25.9. The second kappa shape index (κ2) is 11.9. The van der Waals surface area contributed by atoms with Crippen molar-refractivity contribution in [2.45, 2.75) is 44.3 Å². The Morgan fingerprint density at radius 1 is 0.913 bits per heavy atom. The van der Waals surface area contributed by atoms with Gasteiger partial charge >= 0.3 is 0 Å². The van der Waals surface area contributed by atoms with Gasteiger partial charge in [0.05, 0.1) is 31.7 Å². The Morgan fingerprint density at radius 3 is 2.30 bits per heavy atom. The zero-order valence-electron chi connectivity index (χ0n) is 25.9. The smallest absolute Gasteiger partial charge is 0.264 e. The summed E-state index contributed by atoms with van der Waals surface area (Å²) in [7, 11) is 3.26. The predicted octanol–water partition coefficient (Wildman–Crippen LogP) is 5.13. The highest BCUT2D eigenvalue weighted by molar-refractivity contribution is 6.25. The van der Waals surface area contributed by atoms with Crippen LogP contribution in [0.2, 0.25) is 0 Å². The van der Waals surface area contributed by atoms with Crippen LogP contribution in [0.15, 0.2) is 93.8 Å². The molecule has 3 aromatic carbocycles. The number of hydrogen-bond acceptors (Lipinski definition) is 9. The van der Waals surface area contributed by atoms with Crippen LogP contribution in [0, 0.1) is 12.8 Å². The number of hydrogen-bond donors (Lipinski definition) is 0. The Labute approximate surface area is 266 Å². The van der Waals surface area contributed by atoms with Crippen molar-refractivity contribution >= 4 is 35.2 Å². The largest absolute Gasteiger partial charge is 0.497 e. The van der Waals surface area contributed by atoms with Crippen molar-refractivity contribution in [3.63, 3.8) is 0 Å². The first kappa shape index (κ1) is 29.4. The van der Waals surface area contributed by atoms with Gasteiger partial charge in [-0.1, -0.05) is 47.7 Å². The lowest BCUT2D eigenvalue weighted by Gasteiger charge is -2.30. The second-order valence-electron chi connectivity index (χ2n) is 11.9. The van der Waals surface area contributed by atoms with Gasteiger partial charge in [-0.2, -0.15) is 10.2 Å². The van der Waals surface area contributed by atoms with E-state index in [9.17, 15) is 14.4 Å². The van der Waals surface area contributed by atoms with E-state index in [-0.39, 0.29) is 24.4 Å². The Hall–Kier alpha value is -5.32. The first-order valence-electron chi connectivity index (χ1n) is 15.4. The van der Waals surface area contributed by atoms with Gasteiger partial charge in [-0.05, 0) is 84.9 Å². The minimum absolute atomic E-state index is 0.0187. The number of hydrazone groups is 1. The van der Waals surface area contributed by atoms with Crippen LogP contribution < -0.4 is 14.4 Å². The van der Waals surface area contributed by atoms with Crippen molar-refractivity contribution < 1.29 is 23.9 Å². The van der Waals surface area contributed by atoms with Crippen LogP contribution in [-0.4, -0.2) is 66.3 Å². The lowest BCUT2D eigenvalue weighted by molar-refractivity contribution is -0.136. The van der Waals surface area contributed by atoms with E-state index in [1.54, 1.807) is 26.4 Å². The fourth-order valence-electron chi connectivity index (χ4n) is 6.86. The number of amides is 3. The Kier molecular flexibility index (Phi) is 7.59. The average Bonchev–Trinajstić information content (AvgIpc) is 3.75. The van der Waals surface area contributed by atoms with Crippen LogP contribution in [0.3, 0.4) is 0 Å². The first-order valence-corrected chi connectivity index (χ1v) is 15.4. The monoisotopic (exact) mass is 618 g/mol. The molecule has 4 atom stereocenters. The third-order valence-electron chi connectivity index (χ3n) is 9.18. The summed E-state index contributed by atoms with van der Waals surface area (Å²) in [5.74, 6) is 0.259. The van der Waals surface area contributed by atoms with Crippen molar-refractivity contribution in [1.29, 1.82) is 0 Å². The minimum atomic E-state index is -0.996. The molecule has 1 saturated heterocycles. The van der Waals surface area contributed by atoms with Crippen molar-refractivity contribution in [3.8, 4) is 11.5 Å². The summed E-state index contributed by atoms with van der Waals surface area (Å²) in [6.45, 7) is 1.59. The van der Waals surface area contributed by atoms with Gasteiger partial charge in [-0.25, -0.2) is 9.91 Å². The van der Waals surface area contributed by atoms with Crippen LogP contribution in [0.25, 0.3) is 6.08 Å². The number of methoxy groups -OCH3 is 2. The summed E-state index contributed by atoms with van der Waals surface area (Å²) in [6, 6.07) is 20.4. The predicted molar refractivity (Wildman–Crippen MR) is 171 cm³/mol. The summed E-state index contributed by atoms with van der Waals surface area (Å²) in [5.41, 5.74) is 5.23. The van der Waals surface area contributed by atoms with E-state index in [4.69, 9.17) is 14.6 Å². The molecule has 234 valence electrons. The van der Waals surface area contributed by atoms with Crippen LogP contribution in [0.5, 0.6) is 11.5 Å². The van der Waals surface area contributed by atoms with Gasteiger partial charge < -0.3 is 9.47 Å². The molecule has 7 rings (SSSR count). The van der Waals surface area contributed by atoms with Crippen molar-refractivity contribution in [2.24, 2.45) is 21.4 Å². The maximum atomic E-state index is 14.2. The zero-order chi connectivity index (χ0) is 31.9. The normalized spacial score (nSPS) is 24.4. The molecule has 3 amide bonds. The van der Waals surface area contributed by atoms with Gasteiger partial charge in [0.15, 0.2) is 12.1 Å². The number of aryl methyl sites for hydroxylation is 1. The SMILES string of the molecule is COc1ccc(/C=C2\CCC[C@@H]3C2=NN(C(=O)CN2N=N[C@@H]4C(=O)N(c5ccccc5C)C(=O)[C@@H]42)[C@@H]3c2ccc(OC)cc2)cc1. The molecule has 0 aromatic heterocycles. The molecule has 4 aliphatic rings. The molecule has 3 heterocycles.